The summed E-state index contributed by atoms with van der Waals surface area (Å²) in [6, 6.07) is 8.51. The molecule has 0 amide bonds. The molecule has 2 rings (SSSR count). The van der Waals surface area contributed by atoms with Gasteiger partial charge in [-0.2, -0.15) is 0 Å². The van der Waals surface area contributed by atoms with E-state index in [1.807, 2.05) is 19.1 Å². The van der Waals surface area contributed by atoms with Crippen LogP contribution in [0, 0.1) is 5.41 Å². The largest absolute Gasteiger partial charge is 0.492 e. The number of benzene rings is 1. The van der Waals surface area contributed by atoms with E-state index in [0.717, 1.165) is 12.2 Å². The molecule has 1 aliphatic rings. The van der Waals surface area contributed by atoms with Gasteiger partial charge in [-0.25, -0.2) is 4.99 Å². The van der Waals surface area contributed by atoms with Crippen molar-refractivity contribution in [2.24, 2.45) is 10.7 Å². The Morgan fingerprint density at radius 1 is 1.17 bits per heavy atom. The Bertz CT molecular complexity index is 684. The monoisotopic (exact) mass is 326 g/mol. The maximum Gasteiger partial charge on any atom is 0.144 e. The van der Waals surface area contributed by atoms with Gasteiger partial charge in [0, 0.05) is 24.4 Å². The van der Waals surface area contributed by atoms with Crippen LogP contribution in [0.15, 0.2) is 52.9 Å². The summed E-state index contributed by atoms with van der Waals surface area (Å²) >= 11 is 0. The van der Waals surface area contributed by atoms with Crippen molar-refractivity contribution in [3.8, 4) is 0 Å². The van der Waals surface area contributed by atoms with Crippen LogP contribution in [0.2, 0.25) is 0 Å². The number of nitrogens with zero attached hydrogens (tertiary/aromatic N) is 2. The van der Waals surface area contributed by atoms with Gasteiger partial charge in [0.1, 0.15) is 5.76 Å². The highest BCUT2D eigenvalue weighted by Crippen LogP contribution is 2.23. The van der Waals surface area contributed by atoms with Crippen molar-refractivity contribution in [1.29, 1.82) is 5.41 Å². The predicted molar refractivity (Wildman–Crippen MR) is 101 cm³/mol. The van der Waals surface area contributed by atoms with Gasteiger partial charge in [0.15, 0.2) is 0 Å². The fraction of sp³-hybridized carbons (Fsp3) is 0.368. The molecule has 0 aliphatic heterocycles. The molecule has 24 heavy (non-hydrogen) atoms. The summed E-state index contributed by atoms with van der Waals surface area (Å²) in [5.74, 6) is 0.570. The number of anilines is 1. The lowest BCUT2D eigenvalue weighted by Gasteiger charge is -2.27. The summed E-state index contributed by atoms with van der Waals surface area (Å²) in [6.07, 6.45) is 3.30. The molecule has 0 saturated carbocycles. The summed E-state index contributed by atoms with van der Waals surface area (Å²) in [4.78, 5) is 6.87. The lowest BCUT2D eigenvalue weighted by atomic mass is 10.1. The molecule has 128 valence electrons. The molecule has 0 fully saturated rings. The number of hydrogen-bond acceptors (Lipinski definition) is 5. The van der Waals surface area contributed by atoms with Crippen molar-refractivity contribution in [3.05, 3.63) is 47.9 Å². The Morgan fingerprint density at radius 3 is 2.38 bits per heavy atom. The SMILES string of the molecule is CCOC1=CC(=Nc2ccc(N(CC)C(C)C)cc2)C(=N)C=C1N. The number of aliphatic imine (C=N–C) groups is 1. The number of rotatable bonds is 6. The minimum Gasteiger partial charge on any atom is -0.492 e. The first-order valence-corrected chi connectivity index (χ1v) is 8.32. The zero-order valence-electron chi connectivity index (χ0n) is 14.8. The van der Waals surface area contributed by atoms with Gasteiger partial charge >= 0.3 is 0 Å². The normalized spacial score (nSPS) is 16.2. The van der Waals surface area contributed by atoms with Gasteiger partial charge in [0.05, 0.1) is 29.4 Å². The van der Waals surface area contributed by atoms with Crippen LogP contribution in [0.25, 0.3) is 0 Å². The maximum absolute atomic E-state index is 8.05. The van der Waals surface area contributed by atoms with Crippen molar-refractivity contribution in [1.82, 2.24) is 0 Å². The van der Waals surface area contributed by atoms with Crippen molar-refractivity contribution in [2.45, 2.75) is 33.7 Å². The van der Waals surface area contributed by atoms with E-state index in [2.05, 4.69) is 42.8 Å². The Hall–Kier alpha value is -2.56. The van der Waals surface area contributed by atoms with Gasteiger partial charge in [-0.3, -0.25) is 5.41 Å². The molecule has 0 atom stereocenters. The Labute approximate surface area is 144 Å². The van der Waals surface area contributed by atoms with Crippen LogP contribution >= 0.6 is 0 Å². The second-order valence-corrected chi connectivity index (χ2v) is 5.85. The van der Waals surface area contributed by atoms with Crippen LogP contribution in [-0.2, 0) is 4.74 Å². The molecule has 0 saturated heterocycles. The summed E-state index contributed by atoms with van der Waals surface area (Å²) in [7, 11) is 0. The molecule has 3 N–H and O–H groups in total. The van der Waals surface area contributed by atoms with Gasteiger partial charge in [-0.1, -0.05) is 0 Å². The molecule has 1 aromatic rings. The van der Waals surface area contributed by atoms with E-state index in [4.69, 9.17) is 15.9 Å². The van der Waals surface area contributed by atoms with E-state index in [0.29, 0.717) is 29.8 Å². The first-order valence-electron chi connectivity index (χ1n) is 8.32. The minimum absolute atomic E-state index is 0.289. The Kier molecular flexibility index (Phi) is 5.79. The average molecular weight is 326 g/mol. The molecule has 0 heterocycles. The summed E-state index contributed by atoms with van der Waals surface area (Å²) in [6.45, 7) is 9.89. The Balaban J connectivity index is 2.26. The van der Waals surface area contributed by atoms with E-state index in [1.165, 1.54) is 5.69 Å². The molecule has 0 radical (unpaired) electrons. The highest BCUT2D eigenvalue weighted by Gasteiger charge is 2.15. The molecule has 5 nitrogen and oxygen atoms in total. The van der Waals surface area contributed by atoms with Crippen molar-refractivity contribution in [2.75, 3.05) is 18.1 Å². The number of allylic oxidation sites excluding steroid dienone is 2. The molecule has 0 unspecified atom stereocenters. The molecule has 0 spiro atoms. The van der Waals surface area contributed by atoms with Crippen LogP contribution in [0.3, 0.4) is 0 Å². The first kappa shape index (κ1) is 17.8. The molecule has 0 aromatic heterocycles. The van der Waals surface area contributed by atoms with Crippen LogP contribution in [0.4, 0.5) is 11.4 Å². The molecular weight excluding hydrogens is 300 g/mol. The number of nitrogens with one attached hydrogen (secondary N) is 1. The second-order valence-electron chi connectivity index (χ2n) is 5.85. The molecule has 5 heteroatoms. The van der Waals surface area contributed by atoms with Crippen molar-refractivity contribution >= 4 is 22.8 Å². The molecule has 0 bridgehead atoms. The second kappa shape index (κ2) is 7.81. The van der Waals surface area contributed by atoms with Gasteiger partial charge in [0.25, 0.3) is 0 Å². The van der Waals surface area contributed by atoms with E-state index in [9.17, 15) is 0 Å². The fourth-order valence-electron chi connectivity index (χ4n) is 2.66. The summed E-state index contributed by atoms with van der Waals surface area (Å²) < 4.78 is 5.49. The standard InChI is InChI=1S/C19H26N4O/c1-5-23(13(3)4)15-9-7-14(8-10-15)22-18-12-19(24-6-2)17(21)11-16(18)20/h7-13,20H,5-6,21H2,1-4H3. The van der Waals surface area contributed by atoms with Crippen LogP contribution in [0.5, 0.6) is 0 Å². The first-order chi connectivity index (χ1) is 11.5. The van der Waals surface area contributed by atoms with Crippen molar-refractivity contribution in [3.63, 3.8) is 0 Å². The van der Waals surface area contributed by atoms with Crippen molar-refractivity contribution < 1.29 is 4.74 Å². The van der Waals surface area contributed by atoms with Gasteiger partial charge < -0.3 is 15.4 Å². The van der Waals surface area contributed by atoms with E-state index < -0.39 is 0 Å². The van der Waals surface area contributed by atoms with E-state index >= 15 is 0 Å². The molecule has 1 aromatic carbocycles. The van der Waals surface area contributed by atoms with Gasteiger partial charge in [-0.15, -0.1) is 0 Å². The number of hydrogen-bond donors (Lipinski definition) is 2. The summed E-state index contributed by atoms with van der Waals surface area (Å²) in [5, 5.41) is 8.05. The lowest BCUT2D eigenvalue weighted by molar-refractivity contribution is 0.237. The zero-order chi connectivity index (χ0) is 17.7. The smallest absolute Gasteiger partial charge is 0.144 e. The van der Waals surface area contributed by atoms with E-state index in [1.54, 1.807) is 12.2 Å². The highest BCUT2D eigenvalue weighted by molar-refractivity contribution is 6.50. The van der Waals surface area contributed by atoms with Gasteiger partial charge in [0.2, 0.25) is 0 Å². The predicted octanol–water partition coefficient (Wildman–Crippen LogP) is 3.79. The van der Waals surface area contributed by atoms with Crippen LogP contribution < -0.4 is 10.6 Å². The third-order valence-electron chi connectivity index (χ3n) is 3.82. The maximum atomic E-state index is 8.05. The highest BCUT2D eigenvalue weighted by atomic mass is 16.5. The minimum atomic E-state index is 0.289. The average Bonchev–Trinajstić information content (AvgIpc) is 2.54. The fourth-order valence-corrected chi connectivity index (χ4v) is 2.66. The number of nitrogens with two attached hydrogens (primary N) is 1. The van der Waals surface area contributed by atoms with Gasteiger partial charge in [-0.05, 0) is 58.0 Å². The zero-order valence-corrected chi connectivity index (χ0v) is 14.8. The third kappa shape index (κ3) is 4.04. The topological polar surface area (TPSA) is 74.7 Å². The third-order valence-corrected chi connectivity index (χ3v) is 3.82. The lowest BCUT2D eigenvalue weighted by Crippen LogP contribution is -2.30. The van der Waals surface area contributed by atoms with Crippen LogP contribution in [0.1, 0.15) is 27.7 Å². The summed E-state index contributed by atoms with van der Waals surface area (Å²) in [5.41, 5.74) is 9.16. The van der Waals surface area contributed by atoms with Crippen LogP contribution in [-0.4, -0.2) is 30.6 Å². The quantitative estimate of drug-likeness (QED) is 0.781. The van der Waals surface area contributed by atoms with E-state index in [-0.39, 0.29) is 5.71 Å². The molecule has 1 aliphatic carbocycles. The Morgan fingerprint density at radius 2 is 1.83 bits per heavy atom. The molecular formula is C19H26N4O. The number of ether oxygens (including phenoxy) is 1.